The molecule has 0 aliphatic heterocycles. The Balaban J connectivity index is 2.38. The molecular weight excluding hydrogens is 317 g/mol. The van der Waals surface area contributed by atoms with Gasteiger partial charge in [-0.15, -0.1) is 0 Å². The number of ether oxygens (including phenoxy) is 2. The van der Waals surface area contributed by atoms with E-state index in [1.165, 1.54) is 0 Å². The molecule has 0 heterocycles. The number of hydrogen-bond acceptors (Lipinski definition) is 3. The molecule has 0 bridgehead atoms. The smallest absolute Gasteiger partial charge is 0.142 e. The quantitative estimate of drug-likeness (QED) is 0.523. The zero-order valence-corrected chi connectivity index (χ0v) is 12.1. The first kappa shape index (κ1) is 13.6. The molecule has 1 aromatic rings. The summed E-state index contributed by atoms with van der Waals surface area (Å²) in [5.74, 6) is 0.720. The van der Waals surface area contributed by atoms with Crippen molar-refractivity contribution >= 4 is 28.3 Å². The molecule has 16 heavy (non-hydrogen) atoms. The molecule has 0 saturated heterocycles. The predicted octanol–water partition coefficient (Wildman–Crippen LogP) is 3.07. The molecule has 3 nitrogen and oxygen atoms in total. The number of halogens is 1. The maximum atomic E-state index is 5.82. The Hall–Kier alpha value is -0.490. The fourth-order valence-corrected chi connectivity index (χ4v) is 1.67. The maximum Gasteiger partial charge on any atom is 0.142 e. The van der Waals surface area contributed by atoms with Gasteiger partial charge < -0.3 is 15.2 Å². The van der Waals surface area contributed by atoms with E-state index in [9.17, 15) is 0 Å². The highest BCUT2D eigenvalue weighted by atomic mass is 127. The number of hydrogen-bond donors (Lipinski definition) is 1. The zero-order chi connectivity index (χ0) is 12.2. The maximum absolute atomic E-state index is 5.82. The molecule has 0 aliphatic carbocycles. The summed E-state index contributed by atoms with van der Waals surface area (Å²) < 4.78 is 12.2. The van der Waals surface area contributed by atoms with Crippen LogP contribution in [0.2, 0.25) is 0 Å². The third-order valence-electron chi connectivity index (χ3n) is 1.85. The third kappa shape index (κ3) is 5.03. The summed E-state index contributed by atoms with van der Waals surface area (Å²) in [5.41, 5.74) is 6.36. The van der Waals surface area contributed by atoms with Crippen LogP contribution in [0.4, 0.5) is 5.69 Å². The summed E-state index contributed by atoms with van der Waals surface area (Å²) in [6.45, 7) is 7.14. The van der Waals surface area contributed by atoms with E-state index in [0.29, 0.717) is 18.9 Å². The van der Waals surface area contributed by atoms with Gasteiger partial charge in [0.2, 0.25) is 0 Å². The van der Waals surface area contributed by atoms with E-state index in [2.05, 4.69) is 22.6 Å². The van der Waals surface area contributed by atoms with E-state index in [-0.39, 0.29) is 5.60 Å². The lowest BCUT2D eigenvalue weighted by molar-refractivity contribution is -0.0162. The summed E-state index contributed by atoms with van der Waals surface area (Å²) >= 11 is 2.22. The Morgan fingerprint density at radius 2 is 1.94 bits per heavy atom. The molecule has 1 aromatic carbocycles. The van der Waals surface area contributed by atoms with Crippen molar-refractivity contribution in [1.82, 2.24) is 0 Å². The molecule has 0 radical (unpaired) electrons. The van der Waals surface area contributed by atoms with Gasteiger partial charge in [-0.25, -0.2) is 0 Å². The lowest BCUT2D eigenvalue weighted by atomic mass is 10.2. The van der Waals surface area contributed by atoms with Crippen LogP contribution >= 0.6 is 22.6 Å². The van der Waals surface area contributed by atoms with E-state index >= 15 is 0 Å². The zero-order valence-electron chi connectivity index (χ0n) is 9.92. The first-order valence-electron chi connectivity index (χ1n) is 5.20. The van der Waals surface area contributed by atoms with Gasteiger partial charge in [-0.2, -0.15) is 0 Å². The number of rotatable bonds is 4. The average molecular weight is 335 g/mol. The minimum atomic E-state index is -0.124. The van der Waals surface area contributed by atoms with Gasteiger partial charge >= 0.3 is 0 Å². The molecule has 0 atom stereocenters. The van der Waals surface area contributed by atoms with E-state index in [1.807, 2.05) is 39.0 Å². The Morgan fingerprint density at radius 1 is 1.25 bits per heavy atom. The van der Waals surface area contributed by atoms with Gasteiger partial charge in [0.15, 0.2) is 0 Å². The standard InChI is InChI=1S/C12H18INO2/c1-12(2,3)16-7-6-15-11-5-4-9(13)8-10(11)14/h4-5,8H,6-7,14H2,1-3H3. The molecule has 0 amide bonds. The Kier molecular flexibility index (Phi) is 4.86. The molecule has 0 aromatic heterocycles. The van der Waals surface area contributed by atoms with Crippen molar-refractivity contribution < 1.29 is 9.47 Å². The van der Waals surface area contributed by atoms with Crippen molar-refractivity contribution in [3.8, 4) is 5.75 Å². The molecule has 0 unspecified atom stereocenters. The Morgan fingerprint density at radius 3 is 2.50 bits per heavy atom. The minimum absolute atomic E-state index is 0.124. The fraction of sp³-hybridized carbons (Fsp3) is 0.500. The third-order valence-corrected chi connectivity index (χ3v) is 2.52. The topological polar surface area (TPSA) is 44.5 Å². The van der Waals surface area contributed by atoms with Crippen LogP contribution in [0.3, 0.4) is 0 Å². The van der Waals surface area contributed by atoms with Crippen molar-refractivity contribution in [1.29, 1.82) is 0 Å². The van der Waals surface area contributed by atoms with Crippen molar-refractivity contribution in [2.24, 2.45) is 0 Å². The van der Waals surface area contributed by atoms with Gasteiger partial charge in [-0.05, 0) is 61.6 Å². The van der Waals surface area contributed by atoms with E-state index in [1.54, 1.807) is 0 Å². The molecule has 0 spiro atoms. The molecule has 90 valence electrons. The van der Waals surface area contributed by atoms with Crippen LogP contribution in [0.5, 0.6) is 5.75 Å². The van der Waals surface area contributed by atoms with Crippen LogP contribution in [-0.4, -0.2) is 18.8 Å². The Bertz CT molecular complexity index is 347. The number of benzene rings is 1. The Labute approximate surface area is 110 Å². The van der Waals surface area contributed by atoms with Crippen LogP contribution in [-0.2, 0) is 4.74 Å². The van der Waals surface area contributed by atoms with Gasteiger partial charge in [0.25, 0.3) is 0 Å². The van der Waals surface area contributed by atoms with Gasteiger partial charge in [0.1, 0.15) is 12.4 Å². The lowest BCUT2D eigenvalue weighted by Crippen LogP contribution is -2.22. The first-order chi connectivity index (χ1) is 7.38. The van der Waals surface area contributed by atoms with Crippen LogP contribution in [0.1, 0.15) is 20.8 Å². The van der Waals surface area contributed by atoms with E-state index in [4.69, 9.17) is 15.2 Å². The highest BCUT2D eigenvalue weighted by Gasteiger charge is 2.09. The first-order valence-corrected chi connectivity index (χ1v) is 6.28. The summed E-state index contributed by atoms with van der Waals surface area (Å²) in [7, 11) is 0. The van der Waals surface area contributed by atoms with Crippen LogP contribution < -0.4 is 10.5 Å². The summed E-state index contributed by atoms with van der Waals surface area (Å²) in [5, 5.41) is 0. The largest absolute Gasteiger partial charge is 0.489 e. The second-order valence-electron chi connectivity index (χ2n) is 4.49. The number of nitrogen functional groups attached to an aromatic ring is 1. The SMILES string of the molecule is CC(C)(C)OCCOc1ccc(I)cc1N. The normalized spacial score (nSPS) is 11.5. The minimum Gasteiger partial charge on any atom is -0.489 e. The molecule has 2 N–H and O–H groups in total. The predicted molar refractivity (Wildman–Crippen MR) is 74.8 cm³/mol. The number of nitrogens with two attached hydrogens (primary N) is 1. The van der Waals surface area contributed by atoms with E-state index < -0.39 is 0 Å². The van der Waals surface area contributed by atoms with Gasteiger partial charge in [-0.1, -0.05) is 0 Å². The molecule has 1 rings (SSSR count). The molecule has 0 aliphatic rings. The van der Waals surface area contributed by atoms with Crippen molar-refractivity contribution in [2.75, 3.05) is 18.9 Å². The molecule has 0 fully saturated rings. The second kappa shape index (κ2) is 5.72. The summed E-state index contributed by atoms with van der Waals surface area (Å²) in [4.78, 5) is 0. The summed E-state index contributed by atoms with van der Waals surface area (Å²) in [6, 6.07) is 5.74. The van der Waals surface area contributed by atoms with Crippen LogP contribution in [0.15, 0.2) is 18.2 Å². The molecule has 0 saturated carbocycles. The van der Waals surface area contributed by atoms with Crippen molar-refractivity contribution in [3.05, 3.63) is 21.8 Å². The molecule has 4 heteroatoms. The van der Waals surface area contributed by atoms with Crippen molar-refractivity contribution in [3.63, 3.8) is 0 Å². The highest BCUT2D eigenvalue weighted by molar-refractivity contribution is 14.1. The molecular formula is C12H18INO2. The van der Waals surface area contributed by atoms with Crippen molar-refractivity contribution in [2.45, 2.75) is 26.4 Å². The van der Waals surface area contributed by atoms with Crippen LogP contribution in [0.25, 0.3) is 0 Å². The average Bonchev–Trinajstić information content (AvgIpc) is 2.13. The van der Waals surface area contributed by atoms with E-state index in [0.717, 1.165) is 9.32 Å². The van der Waals surface area contributed by atoms with Gasteiger partial charge in [0.05, 0.1) is 17.9 Å². The summed E-state index contributed by atoms with van der Waals surface area (Å²) in [6.07, 6.45) is 0. The van der Waals surface area contributed by atoms with Gasteiger partial charge in [0, 0.05) is 3.57 Å². The monoisotopic (exact) mass is 335 g/mol. The second-order valence-corrected chi connectivity index (χ2v) is 5.74. The van der Waals surface area contributed by atoms with Gasteiger partial charge in [-0.3, -0.25) is 0 Å². The van der Waals surface area contributed by atoms with Crippen LogP contribution in [0, 0.1) is 3.57 Å². The highest BCUT2D eigenvalue weighted by Crippen LogP contribution is 2.23. The lowest BCUT2D eigenvalue weighted by Gasteiger charge is -2.19. The number of anilines is 1. The fourth-order valence-electron chi connectivity index (χ4n) is 1.15.